The van der Waals surface area contributed by atoms with E-state index < -0.39 is 24.0 Å². The molecule has 1 saturated heterocycles. The average Bonchev–Trinajstić information content (AvgIpc) is 2.45. The van der Waals surface area contributed by atoms with Crippen LogP contribution in [0, 0.1) is 0 Å². The number of hydrogen-bond donors (Lipinski definition) is 1. The smallest absolute Gasteiger partial charge is 0.411 e. The highest BCUT2D eigenvalue weighted by Crippen LogP contribution is 2.39. The standard InChI is InChI=1S/C11H19BFNO3/c1-7(8(2)14-15)9(13)12-16-10(3,4)11(5,6)17-12/h15H,1-6H3/b9-7?,14-8-. The third-order valence-corrected chi connectivity index (χ3v) is 3.51. The van der Waals surface area contributed by atoms with Crippen molar-refractivity contribution in [3.63, 3.8) is 0 Å². The largest absolute Gasteiger partial charge is 0.525 e. The van der Waals surface area contributed by atoms with Gasteiger partial charge in [-0.2, -0.15) is 0 Å². The molecular formula is C11H19BFNO3. The van der Waals surface area contributed by atoms with E-state index in [0.717, 1.165) is 0 Å². The van der Waals surface area contributed by atoms with Gasteiger partial charge in [0, 0.05) is 5.57 Å². The lowest BCUT2D eigenvalue weighted by Crippen LogP contribution is -2.41. The lowest BCUT2D eigenvalue weighted by molar-refractivity contribution is 0.00578. The second kappa shape index (κ2) is 4.42. The van der Waals surface area contributed by atoms with E-state index in [1.165, 1.54) is 13.8 Å². The van der Waals surface area contributed by atoms with Gasteiger partial charge < -0.3 is 14.5 Å². The zero-order valence-electron chi connectivity index (χ0n) is 11.2. The Bertz CT molecular complexity index is 361. The molecule has 0 unspecified atom stereocenters. The Labute approximate surface area is 102 Å². The molecule has 0 aromatic carbocycles. The van der Waals surface area contributed by atoms with Crippen molar-refractivity contribution in [3.05, 3.63) is 11.3 Å². The predicted molar refractivity (Wildman–Crippen MR) is 64.8 cm³/mol. The van der Waals surface area contributed by atoms with Gasteiger partial charge in [-0.15, -0.1) is 0 Å². The summed E-state index contributed by atoms with van der Waals surface area (Å²) in [6.45, 7) is 10.4. The Morgan fingerprint density at radius 1 is 1.12 bits per heavy atom. The topological polar surface area (TPSA) is 51.0 Å². The fourth-order valence-electron chi connectivity index (χ4n) is 1.37. The monoisotopic (exact) mass is 243 g/mol. The van der Waals surface area contributed by atoms with Crippen molar-refractivity contribution >= 4 is 12.8 Å². The minimum atomic E-state index is -1.04. The molecule has 0 spiro atoms. The van der Waals surface area contributed by atoms with Crippen LogP contribution in [-0.2, 0) is 9.31 Å². The molecule has 1 aliphatic heterocycles. The minimum absolute atomic E-state index is 0.206. The second-order valence-corrected chi connectivity index (χ2v) is 5.25. The number of halogens is 1. The summed E-state index contributed by atoms with van der Waals surface area (Å²) in [5.74, 6) is 0. The number of hydrogen-bond acceptors (Lipinski definition) is 4. The second-order valence-electron chi connectivity index (χ2n) is 5.25. The highest BCUT2D eigenvalue weighted by Gasteiger charge is 2.53. The van der Waals surface area contributed by atoms with Gasteiger partial charge in [0.2, 0.25) is 0 Å². The molecule has 0 saturated carbocycles. The minimum Gasteiger partial charge on any atom is -0.411 e. The molecule has 1 aliphatic rings. The molecule has 0 aromatic rings. The van der Waals surface area contributed by atoms with E-state index in [0.29, 0.717) is 0 Å². The molecule has 0 radical (unpaired) electrons. The van der Waals surface area contributed by atoms with Gasteiger partial charge in [-0.25, -0.2) is 4.39 Å². The molecule has 1 rings (SSSR count). The lowest BCUT2D eigenvalue weighted by atomic mass is 9.84. The van der Waals surface area contributed by atoms with Crippen LogP contribution in [0.1, 0.15) is 41.5 Å². The summed E-state index contributed by atoms with van der Waals surface area (Å²) in [5.41, 5.74) is -1.29. The maximum Gasteiger partial charge on any atom is 0.525 e. The summed E-state index contributed by atoms with van der Waals surface area (Å²) in [7, 11) is -1.04. The number of rotatable bonds is 2. The van der Waals surface area contributed by atoms with E-state index in [-0.39, 0.29) is 11.3 Å². The maximum atomic E-state index is 14.1. The Morgan fingerprint density at radius 2 is 1.53 bits per heavy atom. The fourth-order valence-corrected chi connectivity index (χ4v) is 1.37. The first-order chi connectivity index (χ1) is 7.62. The van der Waals surface area contributed by atoms with Gasteiger partial charge >= 0.3 is 7.12 Å². The average molecular weight is 243 g/mol. The maximum absolute atomic E-state index is 14.1. The van der Waals surface area contributed by atoms with E-state index in [1.54, 1.807) is 0 Å². The Hall–Kier alpha value is -0.875. The molecule has 0 atom stereocenters. The number of allylic oxidation sites excluding steroid dienone is 1. The lowest BCUT2D eigenvalue weighted by Gasteiger charge is -2.32. The fraction of sp³-hybridized carbons (Fsp3) is 0.727. The van der Waals surface area contributed by atoms with Crippen LogP contribution in [0.4, 0.5) is 4.39 Å². The summed E-state index contributed by atoms with van der Waals surface area (Å²) in [6, 6.07) is 0. The molecule has 0 bridgehead atoms. The van der Waals surface area contributed by atoms with Crippen molar-refractivity contribution in [3.8, 4) is 0 Å². The van der Waals surface area contributed by atoms with Crippen molar-refractivity contribution < 1.29 is 18.9 Å². The van der Waals surface area contributed by atoms with Crippen LogP contribution in [0.5, 0.6) is 0 Å². The normalized spacial score (nSPS) is 24.9. The third-order valence-electron chi connectivity index (χ3n) is 3.51. The van der Waals surface area contributed by atoms with Crippen LogP contribution >= 0.6 is 0 Å². The molecule has 4 nitrogen and oxygen atoms in total. The highest BCUT2D eigenvalue weighted by molar-refractivity contribution is 6.54. The van der Waals surface area contributed by atoms with Crippen LogP contribution in [0.3, 0.4) is 0 Å². The summed E-state index contributed by atoms with van der Waals surface area (Å²) in [4.78, 5) is 0. The third kappa shape index (κ3) is 2.52. The number of oxime groups is 1. The van der Waals surface area contributed by atoms with Gasteiger partial charge in [0.25, 0.3) is 0 Å². The predicted octanol–water partition coefficient (Wildman–Crippen LogP) is 2.71. The van der Waals surface area contributed by atoms with Crippen molar-refractivity contribution in [2.24, 2.45) is 5.16 Å². The van der Waals surface area contributed by atoms with Crippen molar-refractivity contribution in [2.45, 2.75) is 52.7 Å². The quantitative estimate of drug-likeness (QED) is 0.351. The van der Waals surface area contributed by atoms with E-state index in [1.807, 2.05) is 27.7 Å². The van der Waals surface area contributed by atoms with E-state index in [2.05, 4.69) is 5.16 Å². The SMILES string of the molecule is CC(=C(F)B1OC(C)(C)C(C)(C)O1)/C(C)=N\O. The van der Waals surface area contributed by atoms with E-state index in [9.17, 15) is 4.39 Å². The molecule has 0 aliphatic carbocycles. The van der Waals surface area contributed by atoms with Crippen molar-refractivity contribution in [1.82, 2.24) is 0 Å². The van der Waals surface area contributed by atoms with Crippen LogP contribution < -0.4 is 0 Å². The summed E-state index contributed by atoms with van der Waals surface area (Å²) in [5, 5.41) is 11.6. The Balaban J connectivity index is 3.00. The van der Waals surface area contributed by atoms with Gasteiger partial charge in [0.1, 0.15) is 5.73 Å². The van der Waals surface area contributed by atoms with Crippen LogP contribution in [0.25, 0.3) is 0 Å². The van der Waals surface area contributed by atoms with Gasteiger partial charge in [-0.1, -0.05) is 5.16 Å². The first-order valence-corrected chi connectivity index (χ1v) is 5.53. The molecule has 0 amide bonds. The van der Waals surface area contributed by atoms with Gasteiger partial charge in [0.15, 0.2) is 0 Å². The molecule has 17 heavy (non-hydrogen) atoms. The van der Waals surface area contributed by atoms with Crippen molar-refractivity contribution in [2.75, 3.05) is 0 Å². The Morgan fingerprint density at radius 3 is 1.88 bits per heavy atom. The number of nitrogens with zero attached hydrogens (tertiary/aromatic N) is 1. The molecule has 1 fully saturated rings. The highest BCUT2D eigenvalue weighted by atomic mass is 19.1. The molecule has 1 heterocycles. The summed E-state index contributed by atoms with van der Waals surface area (Å²) >= 11 is 0. The van der Waals surface area contributed by atoms with Gasteiger partial charge in [-0.3, -0.25) is 0 Å². The Kier molecular flexibility index (Phi) is 3.69. The van der Waals surface area contributed by atoms with Gasteiger partial charge in [0.05, 0.1) is 16.9 Å². The first-order valence-electron chi connectivity index (χ1n) is 5.53. The zero-order chi connectivity index (χ0) is 13.4. The van der Waals surface area contributed by atoms with Crippen LogP contribution in [0.15, 0.2) is 16.5 Å². The molecule has 0 aromatic heterocycles. The summed E-state index contributed by atoms with van der Waals surface area (Å²) < 4.78 is 25.2. The molecular weight excluding hydrogens is 224 g/mol. The van der Waals surface area contributed by atoms with Crippen LogP contribution in [0.2, 0.25) is 0 Å². The molecule has 6 heteroatoms. The first kappa shape index (κ1) is 14.2. The van der Waals surface area contributed by atoms with Gasteiger partial charge in [-0.05, 0) is 41.5 Å². The summed E-state index contributed by atoms with van der Waals surface area (Å²) in [6.07, 6.45) is 0. The van der Waals surface area contributed by atoms with Crippen LogP contribution in [-0.4, -0.2) is 29.2 Å². The molecule has 96 valence electrons. The van der Waals surface area contributed by atoms with Crippen molar-refractivity contribution in [1.29, 1.82) is 0 Å². The van der Waals surface area contributed by atoms with E-state index >= 15 is 0 Å². The van der Waals surface area contributed by atoms with E-state index in [4.69, 9.17) is 14.5 Å². The zero-order valence-corrected chi connectivity index (χ0v) is 11.2. The molecule has 1 N–H and O–H groups in total.